The number of nitrogens with one attached hydrogen (secondary N) is 1. The van der Waals surface area contributed by atoms with Crippen molar-refractivity contribution in [2.75, 3.05) is 18.4 Å². The minimum absolute atomic E-state index is 0.00836. The number of amides is 1. The molecule has 0 aliphatic carbocycles. The molecule has 1 atom stereocenters. The second kappa shape index (κ2) is 8.10. The molecule has 1 aliphatic rings. The van der Waals surface area contributed by atoms with Crippen LogP contribution in [0.4, 0.5) is 5.82 Å². The summed E-state index contributed by atoms with van der Waals surface area (Å²) in [5.74, 6) is -0.384. The molecule has 6 heteroatoms. The Labute approximate surface area is 152 Å². The van der Waals surface area contributed by atoms with Crippen molar-refractivity contribution in [3.8, 4) is 0 Å². The smallest absolute Gasteiger partial charge is 0.335 e. The number of carbonyl (C=O) groups excluding carboxylic acids is 1. The molecule has 1 aromatic heterocycles. The zero-order chi connectivity index (χ0) is 18.5. The second-order valence-corrected chi connectivity index (χ2v) is 6.73. The van der Waals surface area contributed by atoms with Gasteiger partial charge in [0.25, 0.3) is 0 Å². The van der Waals surface area contributed by atoms with Crippen molar-refractivity contribution in [1.29, 1.82) is 0 Å². The summed E-state index contributed by atoms with van der Waals surface area (Å²) in [5.41, 5.74) is 2.21. The van der Waals surface area contributed by atoms with E-state index in [0.717, 1.165) is 30.6 Å². The first kappa shape index (κ1) is 18.1. The molecule has 6 nitrogen and oxygen atoms in total. The first-order valence-corrected chi connectivity index (χ1v) is 8.80. The summed E-state index contributed by atoms with van der Waals surface area (Å²) in [4.78, 5) is 30.1. The van der Waals surface area contributed by atoms with Gasteiger partial charge in [0, 0.05) is 18.8 Å². The third kappa shape index (κ3) is 4.67. The van der Waals surface area contributed by atoms with Gasteiger partial charge < -0.3 is 10.4 Å². The Bertz CT molecular complexity index is 789. The lowest BCUT2D eigenvalue weighted by Gasteiger charge is -2.32. The zero-order valence-corrected chi connectivity index (χ0v) is 14.8. The van der Waals surface area contributed by atoms with Crippen LogP contribution in [0.15, 0.2) is 42.5 Å². The highest BCUT2D eigenvalue weighted by Gasteiger charge is 2.26. The molecule has 2 aromatic rings. The van der Waals surface area contributed by atoms with Crippen LogP contribution in [0.1, 0.15) is 34.5 Å². The number of nitrogens with zero attached hydrogens (tertiary/aromatic N) is 2. The number of piperidine rings is 1. The van der Waals surface area contributed by atoms with Crippen molar-refractivity contribution in [3.05, 3.63) is 59.3 Å². The van der Waals surface area contributed by atoms with E-state index in [1.165, 1.54) is 0 Å². The molecular weight excluding hydrogens is 330 g/mol. The summed E-state index contributed by atoms with van der Waals surface area (Å²) in [7, 11) is 0. The van der Waals surface area contributed by atoms with Gasteiger partial charge in [-0.05, 0) is 56.1 Å². The van der Waals surface area contributed by atoms with Crippen LogP contribution in [0, 0.1) is 12.8 Å². The van der Waals surface area contributed by atoms with Gasteiger partial charge in [-0.15, -0.1) is 0 Å². The number of hydrogen-bond donors (Lipinski definition) is 2. The molecule has 1 saturated heterocycles. The summed E-state index contributed by atoms with van der Waals surface area (Å²) >= 11 is 0. The third-order valence-corrected chi connectivity index (χ3v) is 4.62. The molecule has 0 saturated carbocycles. The van der Waals surface area contributed by atoms with Gasteiger partial charge in [0.05, 0.1) is 11.5 Å². The van der Waals surface area contributed by atoms with E-state index in [1.807, 2.05) is 31.2 Å². The highest BCUT2D eigenvalue weighted by Crippen LogP contribution is 2.20. The molecule has 26 heavy (non-hydrogen) atoms. The van der Waals surface area contributed by atoms with Gasteiger partial charge in [0.2, 0.25) is 5.91 Å². The van der Waals surface area contributed by atoms with Crippen LogP contribution < -0.4 is 5.32 Å². The predicted molar refractivity (Wildman–Crippen MR) is 99.0 cm³/mol. The van der Waals surface area contributed by atoms with E-state index in [4.69, 9.17) is 5.11 Å². The van der Waals surface area contributed by atoms with Crippen LogP contribution in [-0.4, -0.2) is 40.0 Å². The Morgan fingerprint density at radius 3 is 2.69 bits per heavy atom. The van der Waals surface area contributed by atoms with Crippen molar-refractivity contribution >= 4 is 17.7 Å². The maximum Gasteiger partial charge on any atom is 0.335 e. The molecule has 0 radical (unpaired) electrons. The van der Waals surface area contributed by atoms with E-state index in [9.17, 15) is 9.59 Å². The maximum absolute atomic E-state index is 12.6. The Morgan fingerprint density at radius 1 is 1.23 bits per heavy atom. The van der Waals surface area contributed by atoms with Gasteiger partial charge >= 0.3 is 5.97 Å². The molecule has 1 aliphatic heterocycles. The normalized spacial score (nSPS) is 17.7. The number of hydrogen-bond acceptors (Lipinski definition) is 4. The second-order valence-electron chi connectivity index (χ2n) is 6.73. The Balaban J connectivity index is 1.58. The van der Waals surface area contributed by atoms with Crippen molar-refractivity contribution in [2.24, 2.45) is 5.92 Å². The first-order chi connectivity index (χ1) is 12.5. The van der Waals surface area contributed by atoms with E-state index in [-0.39, 0.29) is 17.4 Å². The molecule has 2 heterocycles. The third-order valence-electron chi connectivity index (χ3n) is 4.62. The molecular formula is C20H23N3O3. The fraction of sp³-hybridized carbons (Fsp3) is 0.350. The average molecular weight is 353 g/mol. The quantitative estimate of drug-likeness (QED) is 0.864. The zero-order valence-electron chi connectivity index (χ0n) is 14.8. The lowest BCUT2D eigenvalue weighted by Crippen LogP contribution is -2.40. The highest BCUT2D eigenvalue weighted by atomic mass is 16.4. The number of aryl methyl sites for hydroxylation is 1. The van der Waals surface area contributed by atoms with E-state index in [1.54, 1.807) is 18.2 Å². The van der Waals surface area contributed by atoms with Crippen LogP contribution in [0.3, 0.4) is 0 Å². The largest absolute Gasteiger partial charge is 0.478 e. The SMILES string of the molecule is Cc1cccc(NC(=O)C2CCCN(Cc3ccc(C(=O)O)cc3)C2)n1. The number of anilines is 1. The van der Waals surface area contributed by atoms with Gasteiger partial charge in [-0.25, -0.2) is 9.78 Å². The summed E-state index contributed by atoms with van der Waals surface area (Å²) in [6.07, 6.45) is 1.83. The van der Waals surface area contributed by atoms with Crippen LogP contribution in [0.5, 0.6) is 0 Å². The van der Waals surface area contributed by atoms with Crippen LogP contribution >= 0.6 is 0 Å². The number of carboxylic acids is 1. The Morgan fingerprint density at radius 2 is 2.00 bits per heavy atom. The molecule has 1 fully saturated rings. The van der Waals surface area contributed by atoms with Crippen molar-refractivity contribution in [2.45, 2.75) is 26.3 Å². The molecule has 1 amide bonds. The minimum atomic E-state index is -0.920. The minimum Gasteiger partial charge on any atom is -0.478 e. The topological polar surface area (TPSA) is 82.5 Å². The van der Waals surface area contributed by atoms with E-state index in [2.05, 4.69) is 15.2 Å². The lowest BCUT2D eigenvalue weighted by atomic mass is 9.96. The lowest BCUT2D eigenvalue weighted by molar-refractivity contribution is -0.121. The fourth-order valence-electron chi connectivity index (χ4n) is 3.27. The Hall–Kier alpha value is -2.73. The van der Waals surface area contributed by atoms with Gasteiger partial charge in [-0.1, -0.05) is 18.2 Å². The van der Waals surface area contributed by atoms with Gasteiger partial charge in [0.15, 0.2) is 0 Å². The van der Waals surface area contributed by atoms with Gasteiger partial charge in [-0.3, -0.25) is 9.69 Å². The molecule has 0 bridgehead atoms. The first-order valence-electron chi connectivity index (χ1n) is 8.80. The average Bonchev–Trinajstić information content (AvgIpc) is 2.62. The van der Waals surface area contributed by atoms with Crippen molar-refractivity contribution in [1.82, 2.24) is 9.88 Å². The molecule has 2 N–H and O–H groups in total. The summed E-state index contributed by atoms with van der Waals surface area (Å²) in [5, 5.41) is 11.9. The number of carbonyl (C=O) groups is 2. The number of rotatable bonds is 5. The number of likely N-dealkylation sites (tertiary alicyclic amines) is 1. The molecule has 136 valence electrons. The van der Waals surface area contributed by atoms with Gasteiger partial charge in [-0.2, -0.15) is 0 Å². The van der Waals surface area contributed by atoms with E-state index in [0.29, 0.717) is 18.9 Å². The summed E-state index contributed by atoms with van der Waals surface area (Å²) in [6.45, 7) is 4.24. The highest BCUT2D eigenvalue weighted by molar-refractivity contribution is 5.91. The Kier molecular flexibility index (Phi) is 5.63. The fourth-order valence-corrected chi connectivity index (χ4v) is 3.27. The van der Waals surface area contributed by atoms with Crippen molar-refractivity contribution in [3.63, 3.8) is 0 Å². The number of aromatic nitrogens is 1. The van der Waals surface area contributed by atoms with Crippen LogP contribution in [0.25, 0.3) is 0 Å². The monoisotopic (exact) mass is 353 g/mol. The number of pyridine rings is 1. The molecule has 1 aromatic carbocycles. The number of aromatic carboxylic acids is 1. The number of benzene rings is 1. The molecule has 3 rings (SSSR count). The predicted octanol–water partition coefficient (Wildman–Crippen LogP) is 2.94. The van der Waals surface area contributed by atoms with E-state index >= 15 is 0 Å². The van der Waals surface area contributed by atoms with Crippen LogP contribution in [-0.2, 0) is 11.3 Å². The van der Waals surface area contributed by atoms with Gasteiger partial charge in [0.1, 0.15) is 5.82 Å². The molecule has 1 unspecified atom stereocenters. The molecule has 0 spiro atoms. The summed E-state index contributed by atoms with van der Waals surface area (Å²) in [6, 6.07) is 12.5. The maximum atomic E-state index is 12.6. The van der Waals surface area contributed by atoms with Crippen molar-refractivity contribution < 1.29 is 14.7 Å². The van der Waals surface area contributed by atoms with E-state index < -0.39 is 5.97 Å². The van der Waals surface area contributed by atoms with Crippen LogP contribution in [0.2, 0.25) is 0 Å². The summed E-state index contributed by atoms with van der Waals surface area (Å²) < 4.78 is 0. The standard InChI is InChI=1S/C20H23N3O3/c1-14-4-2-6-18(21-14)22-19(24)17-5-3-11-23(13-17)12-15-7-9-16(10-8-15)20(25)26/h2,4,6-10,17H,3,5,11-13H2,1H3,(H,25,26)(H,21,22,24). The number of carboxylic acid groups (broad SMARTS) is 1.